The second-order valence-electron chi connectivity index (χ2n) is 6.01. The van der Waals surface area contributed by atoms with E-state index >= 15 is 0 Å². The van der Waals surface area contributed by atoms with Crippen LogP contribution < -0.4 is 5.32 Å². The van der Waals surface area contributed by atoms with Crippen LogP contribution in [-0.2, 0) is 4.74 Å². The third kappa shape index (κ3) is 3.94. The van der Waals surface area contributed by atoms with Crippen LogP contribution in [0, 0.1) is 5.41 Å². The van der Waals surface area contributed by atoms with Crippen molar-refractivity contribution in [1.82, 2.24) is 10.2 Å². The highest BCUT2D eigenvalue weighted by atomic mass is 16.5. The van der Waals surface area contributed by atoms with Crippen molar-refractivity contribution in [2.75, 3.05) is 39.4 Å². The zero-order valence-electron chi connectivity index (χ0n) is 11.5. The third-order valence-electron chi connectivity index (χ3n) is 4.55. The lowest BCUT2D eigenvalue weighted by atomic mass is 9.82. The zero-order chi connectivity index (χ0) is 12.1. The second-order valence-corrected chi connectivity index (χ2v) is 6.01. The van der Waals surface area contributed by atoms with Crippen molar-refractivity contribution in [2.24, 2.45) is 5.41 Å². The molecule has 0 aromatic carbocycles. The molecule has 0 spiro atoms. The van der Waals surface area contributed by atoms with Gasteiger partial charge in [0.05, 0.1) is 0 Å². The lowest BCUT2D eigenvalue weighted by molar-refractivity contribution is 0.0217. The van der Waals surface area contributed by atoms with Gasteiger partial charge < -0.3 is 15.0 Å². The number of hydrogen-bond acceptors (Lipinski definition) is 3. The summed E-state index contributed by atoms with van der Waals surface area (Å²) < 4.78 is 5.45. The van der Waals surface area contributed by atoms with Gasteiger partial charge in [0.2, 0.25) is 0 Å². The van der Waals surface area contributed by atoms with Gasteiger partial charge in [0.15, 0.2) is 0 Å². The van der Waals surface area contributed by atoms with E-state index in [4.69, 9.17) is 4.74 Å². The summed E-state index contributed by atoms with van der Waals surface area (Å²) >= 11 is 0. The Morgan fingerprint density at radius 1 is 1.24 bits per heavy atom. The summed E-state index contributed by atoms with van der Waals surface area (Å²) in [5, 5.41) is 3.79. The lowest BCUT2D eigenvalue weighted by Gasteiger charge is -2.37. The minimum Gasteiger partial charge on any atom is -0.381 e. The maximum atomic E-state index is 5.45. The van der Waals surface area contributed by atoms with Crippen LogP contribution in [0.2, 0.25) is 0 Å². The highest BCUT2D eigenvalue weighted by molar-refractivity contribution is 4.83. The highest BCUT2D eigenvalue weighted by Crippen LogP contribution is 2.29. The number of piperidine rings is 1. The van der Waals surface area contributed by atoms with Gasteiger partial charge in [-0.1, -0.05) is 13.8 Å². The van der Waals surface area contributed by atoms with Crippen LogP contribution >= 0.6 is 0 Å². The van der Waals surface area contributed by atoms with Crippen molar-refractivity contribution in [3.63, 3.8) is 0 Å². The van der Waals surface area contributed by atoms with Crippen molar-refractivity contribution in [1.29, 1.82) is 0 Å². The van der Waals surface area contributed by atoms with Gasteiger partial charge in [-0.3, -0.25) is 0 Å². The molecule has 2 heterocycles. The number of rotatable bonds is 4. The van der Waals surface area contributed by atoms with Crippen molar-refractivity contribution in [3.8, 4) is 0 Å². The van der Waals surface area contributed by atoms with E-state index in [0.717, 1.165) is 19.3 Å². The largest absolute Gasteiger partial charge is 0.381 e. The molecule has 0 aliphatic carbocycles. The summed E-state index contributed by atoms with van der Waals surface area (Å²) in [7, 11) is 0. The van der Waals surface area contributed by atoms with E-state index in [1.807, 2.05) is 0 Å². The first-order chi connectivity index (χ1) is 8.22. The molecular formula is C14H28N2O. The number of likely N-dealkylation sites (tertiary alicyclic amines) is 1. The van der Waals surface area contributed by atoms with E-state index in [1.54, 1.807) is 0 Å². The standard InChI is InChI=1S/C14H28N2O/c1-3-16-8-4-13(5-9-16)15-12-14(2)6-10-17-11-7-14/h13,15H,3-12H2,1-2H3. The Bertz CT molecular complexity index is 218. The molecule has 2 aliphatic heterocycles. The summed E-state index contributed by atoms with van der Waals surface area (Å²) in [5.41, 5.74) is 0.472. The van der Waals surface area contributed by atoms with Gasteiger partial charge in [-0.2, -0.15) is 0 Å². The lowest BCUT2D eigenvalue weighted by Crippen LogP contribution is -2.46. The predicted molar refractivity (Wildman–Crippen MR) is 71.3 cm³/mol. The van der Waals surface area contributed by atoms with Crippen LogP contribution in [0.5, 0.6) is 0 Å². The number of nitrogens with one attached hydrogen (secondary N) is 1. The molecule has 0 atom stereocenters. The van der Waals surface area contributed by atoms with E-state index in [2.05, 4.69) is 24.1 Å². The summed E-state index contributed by atoms with van der Waals surface area (Å²) in [5.74, 6) is 0. The molecule has 17 heavy (non-hydrogen) atoms. The molecule has 0 bridgehead atoms. The molecule has 3 heteroatoms. The fraction of sp³-hybridized carbons (Fsp3) is 1.00. The minimum atomic E-state index is 0.472. The molecule has 0 unspecified atom stereocenters. The van der Waals surface area contributed by atoms with Gasteiger partial charge in [0.25, 0.3) is 0 Å². The quantitative estimate of drug-likeness (QED) is 0.812. The summed E-state index contributed by atoms with van der Waals surface area (Å²) in [4.78, 5) is 2.55. The van der Waals surface area contributed by atoms with E-state index < -0.39 is 0 Å². The molecule has 2 rings (SSSR count). The summed E-state index contributed by atoms with van der Waals surface area (Å²) in [6, 6.07) is 0.748. The van der Waals surface area contributed by atoms with Crippen LogP contribution in [0.25, 0.3) is 0 Å². The topological polar surface area (TPSA) is 24.5 Å². The Balaban J connectivity index is 1.68. The molecule has 100 valence electrons. The first-order valence-corrected chi connectivity index (χ1v) is 7.25. The highest BCUT2D eigenvalue weighted by Gasteiger charge is 2.28. The maximum Gasteiger partial charge on any atom is 0.0471 e. The Hall–Kier alpha value is -0.120. The Morgan fingerprint density at radius 2 is 1.88 bits per heavy atom. The molecule has 0 saturated carbocycles. The van der Waals surface area contributed by atoms with Gasteiger partial charge in [-0.15, -0.1) is 0 Å². The summed E-state index contributed by atoms with van der Waals surface area (Å²) in [6.45, 7) is 11.5. The van der Waals surface area contributed by atoms with E-state index in [9.17, 15) is 0 Å². The van der Waals surface area contributed by atoms with E-state index in [1.165, 1.54) is 51.9 Å². The van der Waals surface area contributed by atoms with Crippen molar-refractivity contribution in [2.45, 2.75) is 45.6 Å². The monoisotopic (exact) mass is 240 g/mol. The Labute approximate surface area is 106 Å². The smallest absolute Gasteiger partial charge is 0.0471 e. The molecule has 0 amide bonds. The van der Waals surface area contributed by atoms with Gasteiger partial charge in [0.1, 0.15) is 0 Å². The molecule has 0 aromatic rings. The number of hydrogen-bond donors (Lipinski definition) is 1. The number of nitrogens with zero attached hydrogens (tertiary/aromatic N) is 1. The molecular weight excluding hydrogens is 212 g/mol. The fourth-order valence-corrected chi connectivity index (χ4v) is 2.89. The van der Waals surface area contributed by atoms with Crippen LogP contribution in [0.3, 0.4) is 0 Å². The predicted octanol–water partition coefficient (Wildman–Crippen LogP) is 1.88. The first kappa shape index (κ1) is 13.3. The second kappa shape index (κ2) is 6.17. The molecule has 3 nitrogen and oxygen atoms in total. The molecule has 1 N–H and O–H groups in total. The Kier molecular flexibility index (Phi) is 4.83. The zero-order valence-corrected chi connectivity index (χ0v) is 11.5. The normalized spacial score (nSPS) is 27.2. The van der Waals surface area contributed by atoms with Crippen molar-refractivity contribution >= 4 is 0 Å². The number of ether oxygens (including phenoxy) is 1. The maximum absolute atomic E-state index is 5.45. The molecule has 2 aliphatic rings. The fourth-order valence-electron chi connectivity index (χ4n) is 2.89. The van der Waals surface area contributed by atoms with Crippen LogP contribution in [-0.4, -0.2) is 50.3 Å². The van der Waals surface area contributed by atoms with Gasteiger partial charge in [0, 0.05) is 25.8 Å². The molecule has 2 saturated heterocycles. The Morgan fingerprint density at radius 3 is 2.47 bits per heavy atom. The van der Waals surface area contributed by atoms with Crippen LogP contribution in [0.15, 0.2) is 0 Å². The van der Waals surface area contributed by atoms with Gasteiger partial charge >= 0.3 is 0 Å². The van der Waals surface area contributed by atoms with E-state index in [0.29, 0.717) is 5.41 Å². The summed E-state index contributed by atoms with van der Waals surface area (Å²) in [6.07, 6.45) is 5.07. The average Bonchev–Trinajstić information content (AvgIpc) is 2.38. The van der Waals surface area contributed by atoms with Crippen LogP contribution in [0.1, 0.15) is 39.5 Å². The van der Waals surface area contributed by atoms with Crippen LogP contribution in [0.4, 0.5) is 0 Å². The average molecular weight is 240 g/mol. The van der Waals surface area contributed by atoms with E-state index in [-0.39, 0.29) is 0 Å². The van der Waals surface area contributed by atoms with Gasteiger partial charge in [-0.05, 0) is 50.7 Å². The SMILES string of the molecule is CCN1CCC(NCC2(C)CCOCC2)CC1. The third-order valence-corrected chi connectivity index (χ3v) is 4.55. The first-order valence-electron chi connectivity index (χ1n) is 7.25. The molecule has 2 fully saturated rings. The van der Waals surface area contributed by atoms with Crippen molar-refractivity contribution in [3.05, 3.63) is 0 Å². The van der Waals surface area contributed by atoms with Crippen molar-refractivity contribution < 1.29 is 4.74 Å². The minimum absolute atomic E-state index is 0.472. The van der Waals surface area contributed by atoms with Gasteiger partial charge in [-0.25, -0.2) is 0 Å². The molecule has 0 aromatic heterocycles. The molecule has 0 radical (unpaired) electrons.